The second-order valence-electron chi connectivity index (χ2n) is 6.40. The predicted molar refractivity (Wildman–Crippen MR) is 84.8 cm³/mol. The summed E-state index contributed by atoms with van der Waals surface area (Å²) in [6.07, 6.45) is 8.54. The van der Waals surface area contributed by atoms with Crippen LogP contribution in [0.3, 0.4) is 0 Å². The smallest absolute Gasteiger partial charge is 0.228 e. The summed E-state index contributed by atoms with van der Waals surface area (Å²) in [5.74, 6) is 3.51. The van der Waals surface area contributed by atoms with Gasteiger partial charge in [-0.3, -0.25) is 4.79 Å². The molecule has 2 aliphatic rings. The highest BCUT2D eigenvalue weighted by Gasteiger charge is 2.40. The van der Waals surface area contributed by atoms with Gasteiger partial charge >= 0.3 is 0 Å². The molecule has 0 saturated carbocycles. The molecule has 2 unspecified atom stereocenters. The van der Waals surface area contributed by atoms with Crippen LogP contribution in [-0.4, -0.2) is 43.9 Å². The molecule has 6 heteroatoms. The fourth-order valence-electron chi connectivity index (χ4n) is 3.42. The summed E-state index contributed by atoms with van der Waals surface area (Å²) in [5.41, 5.74) is 0.415. The van der Waals surface area contributed by atoms with Gasteiger partial charge in [-0.25, -0.2) is 0 Å². The first-order valence-corrected chi connectivity index (χ1v) is 8.19. The summed E-state index contributed by atoms with van der Waals surface area (Å²) in [7, 11) is 0. The zero-order chi connectivity index (χ0) is 16.1. The number of terminal acetylenes is 1. The van der Waals surface area contributed by atoms with Crippen LogP contribution in [0.4, 0.5) is 0 Å². The molecule has 2 saturated heterocycles. The van der Waals surface area contributed by atoms with E-state index >= 15 is 0 Å². The van der Waals surface area contributed by atoms with E-state index in [9.17, 15) is 4.79 Å². The number of nitrogens with one attached hydrogen (secondary N) is 2. The zero-order valence-corrected chi connectivity index (χ0v) is 13.3. The Hall–Kier alpha value is -1.84. The molecule has 3 rings (SSSR count). The van der Waals surface area contributed by atoms with Gasteiger partial charge in [-0.1, -0.05) is 11.1 Å². The van der Waals surface area contributed by atoms with E-state index in [0.717, 1.165) is 43.9 Å². The van der Waals surface area contributed by atoms with Crippen LogP contribution in [-0.2, 0) is 16.0 Å². The standard InChI is InChI=1S/C17H23N3O3/c1-2-6-19-16(21)17(5-3-7-18-12-17)10-14-9-15(20-23-14)13-4-8-22-11-13/h1,9,13,18H,3-8,10-12H2,(H,19,21). The molecule has 2 fully saturated rings. The van der Waals surface area contributed by atoms with Gasteiger partial charge in [0.1, 0.15) is 5.76 Å². The molecule has 3 heterocycles. The van der Waals surface area contributed by atoms with Gasteiger partial charge in [0.25, 0.3) is 0 Å². The van der Waals surface area contributed by atoms with Crippen LogP contribution in [0.15, 0.2) is 10.6 Å². The first-order chi connectivity index (χ1) is 11.2. The van der Waals surface area contributed by atoms with E-state index in [4.69, 9.17) is 15.7 Å². The number of piperidine rings is 1. The van der Waals surface area contributed by atoms with Crippen molar-refractivity contribution in [3.05, 3.63) is 17.5 Å². The second kappa shape index (κ2) is 7.16. The molecular formula is C17H23N3O3. The van der Waals surface area contributed by atoms with E-state index in [0.29, 0.717) is 25.5 Å². The molecule has 0 radical (unpaired) electrons. The second-order valence-corrected chi connectivity index (χ2v) is 6.40. The lowest BCUT2D eigenvalue weighted by atomic mass is 9.76. The minimum absolute atomic E-state index is 0.00944. The van der Waals surface area contributed by atoms with Crippen molar-refractivity contribution >= 4 is 5.91 Å². The summed E-state index contributed by atoms with van der Waals surface area (Å²) in [4.78, 5) is 12.6. The van der Waals surface area contributed by atoms with Crippen LogP contribution in [0.1, 0.15) is 36.6 Å². The lowest BCUT2D eigenvalue weighted by Gasteiger charge is -2.35. The Morgan fingerprint density at radius 2 is 2.52 bits per heavy atom. The molecular weight excluding hydrogens is 294 g/mol. The van der Waals surface area contributed by atoms with Gasteiger partial charge in [0, 0.05) is 31.6 Å². The van der Waals surface area contributed by atoms with Crippen molar-refractivity contribution in [2.75, 3.05) is 32.8 Å². The third-order valence-corrected chi connectivity index (χ3v) is 4.74. The first-order valence-electron chi connectivity index (χ1n) is 8.19. The number of ether oxygens (including phenoxy) is 1. The lowest BCUT2D eigenvalue weighted by Crippen LogP contribution is -2.51. The maximum absolute atomic E-state index is 12.6. The fourth-order valence-corrected chi connectivity index (χ4v) is 3.42. The third kappa shape index (κ3) is 3.57. The highest BCUT2D eigenvalue weighted by Crippen LogP contribution is 2.33. The van der Waals surface area contributed by atoms with Crippen LogP contribution in [0.25, 0.3) is 0 Å². The topological polar surface area (TPSA) is 76.4 Å². The normalized spacial score (nSPS) is 27.5. The summed E-state index contributed by atoms with van der Waals surface area (Å²) in [6, 6.07) is 1.98. The summed E-state index contributed by atoms with van der Waals surface area (Å²) >= 11 is 0. The zero-order valence-electron chi connectivity index (χ0n) is 13.3. The van der Waals surface area contributed by atoms with Gasteiger partial charge in [0.15, 0.2) is 0 Å². The average Bonchev–Trinajstić information content (AvgIpc) is 3.24. The number of carbonyl (C=O) groups excluding carboxylic acids is 1. The molecule has 1 aromatic heterocycles. The SMILES string of the molecule is C#CCNC(=O)C1(Cc2cc(C3CCOC3)no2)CCCNC1. The lowest BCUT2D eigenvalue weighted by molar-refractivity contribution is -0.132. The molecule has 2 N–H and O–H groups in total. The number of amides is 1. The molecule has 0 aromatic carbocycles. The molecule has 0 aliphatic carbocycles. The summed E-state index contributed by atoms with van der Waals surface area (Å²) in [6.45, 7) is 3.29. The molecule has 2 aliphatic heterocycles. The highest BCUT2D eigenvalue weighted by atomic mass is 16.5. The first kappa shape index (κ1) is 16.0. The Labute approximate surface area is 136 Å². The molecule has 23 heavy (non-hydrogen) atoms. The van der Waals surface area contributed by atoms with Crippen molar-refractivity contribution in [1.82, 2.24) is 15.8 Å². The Balaban J connectivity index is 1.73. The summed E-state index contributed by atoms with van der Waals surface area (Å²) < 4.78 is 10.9. The third-order valence-electron chi connectivity index (χ3n) is 4.74. The van der Waals surface area contributed by atoms with Crippen LogP contribution in [0, 0.1) is 17.8 Å². The van der Waals surface area contributed by atoms with Gasteiger partial charge in [-0.05, 0) is 25.8 Å². The van der Waals surface area contributed by atoms with Gasteiger partial charge in [-0.15, -0.1) is 6.42 Å². The Morgan fingerprint density at radius 3 is 3.22 bits per heavy atom. The summed E-state index contributed by atoms with van der Waals surface area (Å²) in [5, 5.41) is 10.3. The minimum atomic E-state index is -0.516. The molecule has 1 aromatic rings. The highest BCUT2D eigenvalue weighted by molar-refractivity contribution is 5.83. The van der Waals surface area contributed by atoms with Crippen molar-refractivity contribution in [3.63, 3.8) is 0 Å². The quantitative estimate of drug-likeness (QED) is 0.787. The Kier molecular flexibility index (Phi) is 4.99. The number of carbonyl (C=O) groups is 1. The predicted octanol–water partition coefficient (Wildman–Crippen LogP) is 0.840. The van der Waals surface area contributed by atoms with Gasteiger partial charge in [-0.2, -0.15) is 0 Å². The van der Waals surface area contributed by atoms with E-state index in [-0.39, 0.29) is 12.5 Å². The maximum Gasteiger partial charge on any atom is 0.228 e. The molecule has 1 amide bonds. The monoisotopic (exact) mass is 317 g/mol. The van der Waals surface area contributed by atoms with Gasteiger partial charge < -0.3 is 19.9 Å². The van der Waals surface area contributed by atoms with E-state index in [2.05, 4.69) is 21.7 Å². The molecule has 0 bridgehead atoms. The molecule has 124 valence electrons. The number of aromatic nitrogens is 1. The number of hydrogen-bond donors (Lipinski definition) is 2. The van der Waals surface area contributed by atoms with Gasteiger partial charge in [0.2, 0.25) is 5.91 Å². The minimum Gasteiger partial charge on any atom is -0.381 e. The molecule has 6 nitrogen and oxygen atoms in total. The van der Waals surface area contributed by atoms with Crippen LogP contribution in [0.2, 0.25) is 0 Å². The van der Waals surface area contributed by atoms with Crippen LogP contribution >= 0.6 is 0 Å². The van der Waals surface area contributed by atoms with Crippen molar-refractivity contribution < 1.29 is 14.1 Å². The number of rotatable bonds is 5. The van der Waals surface area contributed by atoms with Crippen LogP contribution < -0.4 is 10.6 Å². The van der Waals surface area contributed by atoms with Gasteiger partial charge in [0.05, 0.1) is 24.3 Å². The van der Waals surface area contributed by atoms with Crippen molar-refractivity contribution in [2.45, 2.75) is 31.6 Å². The largest absolute Gasteiger partial charge is 0.381 e. The van der Waals surface area contributed by atoms with E-state index in [1.165, 1.54) is 0 Å². The molecule has 2 atom stereocenters. The van der Waals surface area contributed by atoms with E-state index in [1.807, 2.05) is 6.07 Å². The Bertz CT molecular complexity index is 578. The molecule has 0 spiro atoms. The van der Waals surface area contributed by atoms with Crippen molar-refractivity contribution in [3.8, 4) is 12.3 Å². The van der Waals surface area contributed by atoms with Crippen molar-refractivity contribution in [1.29, 1.82) is 0 Å². The van der Waals surface area contributed by atoms with Crippen molar-refractivity contribution in [2.24, 2.45) is 5.41 Å². The van der Waals surface area contributed by atoms with E-state index < -0.39 is 5.41 Å². The van der Waals surface area contributed by atoms with E-state index in [1.54, 1.807) is 0 Å². The fraction of sp³-hybridized carbons (Fsp3) is 0.647. The Morgan fingerprint density at radius 1 is 1.61 bits per heavy atom. The average molecular weight is 317 g/mol. The number of nitrogens with zero attached hydrogens (tertiary/aromatic N) is 1. The maximum atomic E-state index is 12.6. The number of hydrogen-bond acceptors (Lipinski definition) is 5. The van der Waals surface area contributed by atoms with Crippen LogP contribution in [0.5, 0.6) is 0 Å².